The van der Waals surface area contributed by atoms with Gasteiger partial charge in [0.2, 0.25) is 5.91 Å². The molecule has 7 nitrogen and oxygen atoms in total. The number of amides is 3. The fourth-order valence-corrected chi connectivity index (χ4v) is 4.64. The Morgan fingerprint density at radius 3 is 1.90 bits per heavy atom. The van der Waals surface area contributed by atoms with Crippen molar-refractivity contribution in [1.82, 2.24) is 10.2 Å². The first-order valence-corrected chi connectivity index (χ1v) is 13.6. The Balaban J connectivity index is 2.04. The highest BCUT2D eigenvalue weighted by Gasteiger charge is 2.38. The fraction of sp³-hybridized carbons (Fsp3) is 0.364. The SMILES string of the molecule is Cc1cccc(C)c1NC(=O)C(c1ccccc1)N(C(=O)C(Cc1ccccc1)NC(=O)OC(C)(C)C)C(C)C. The largest absolute Gasteiger partial charge is 0.444 e. The van der Waals surface area contributed by atoms with Gasteiger partial charge in [-0.1, -0.05) is 78.9 Å². The molecular weight excluding hydrogens is 502 g/mol. The van der Waals surface area contributed by atoms with Gasteiger partial charge in [0.25, 0.3) is 5.91 Å². The first-order valence-electron chi connectivity index (χ1n) is 13.6. The molecule has 3 rings (SSSR count). The number of anilines is 1. The highest BCUT2D eigenvalue weighted by Crippen LogP contribution is 2.28. The van der Waals surface area contributed by atoms with E-state index in [0.717, 1.165) is 22.4 Å². The molecule has 0 aromatic heterocycles. The Labute approximate surface area is 237 Å². The van der Waals surface area contributed by atoms with Crippen molar-refractivity contribution in [3.05, 3.63) is 101 Å². The number of carbonyl (C=O) groups is 3. The van der Waals surface area contributed by atoms with Crippen LogP contribution in [0.25, 0.3) is 0 Å². The van der Waals surface area contributed by atoms with Crippen LogP contribution < -0.4 is 10.6 Å². The van der Waals surface area contributed by atoms with Crippen LogP contribution in [0.4, 0.5) is 10.5 Å². The lowest BCUT2D eigenvalue weighted by Gasteiger charge is -2.37. The second kappa shape index (κ2) is 13.3. The third kappa shape index (κ3) is 8.18. The molecule has 7 heteroatoms. The van der Waals surface area contributed by atoms with Crippen LogP contribution in [0, 0.1) is 13.8 Å². The molecule has 2 unspecified atom stereocenters. The van der Waals surface area contributed by atoms with Crippen molar-refractivity contribution >= 4 is 23.6 Å². The summed E-state index contributed by atoms with van der Waals surface area (Å²) >= 11 is 0. The summed E-state index contributed by atoms with van der Waals surface area (Å²) < 4.78 is 5.49. The Kier molecular flexibility index (Phi) is 10.1. The molecule has 0 aliphatic carbocycles. The number of ether oxygens (including phenoxy) is 1. The topological polar surface area (TPSA) is 87.7 Å². The second-order valence-electron chi connectivity index (χ2n) is 11.3. The average molecular weight is 544 g/mol. The number of nitrogens with zero attached hydrogens (tertiary/aromatic N) is 1. The molecule has 0 aliphatic heterocycles. The summed E-state index contributed by atoms with van der Waals surface area (Å²) in [6.07, 6.45) is -0.455. The van der Waals surface area contributed by atoms with Crippen molar-refractivity contribution in [3.8, 4) is 0 Å². The smallest absolute Gasteiger partial charge is 0.408 e. The van der Waals surface area contributed by atoms with Crippen LogP contribution >= 0.6 is 0 Å². The number of para-hydroxylation sites is 1. The maximum atomic E-state index is 14.4. The minimum absolute atomic E-state index is 0.238. The van der Waals surface area contributed by atoms with Crippen LogP contribution in [0.5, 0.6) is 0 Å². The Hall–Kier alpha value is -4.13. The highest BCUT2D eigenvalue weighted by atomic mass is 16.6. The van der Waals surface area contributed by atoms with Crippen LogP contribution in [0.15, 0.2) is 78.9 Å². The van der Waals surface area contributed by atoms with Crippen molar-refractivity contribution < 1.29 is 19.1 Å². The fourth-order valence-electron chi connectivity index (χ4n) is 4.64. The predicted molar refractivity (Wildman–Crippen MR) is 159 cm³/mol. The van der Waals surface area contributed by atoms with E-state index in [-0.39, 0.29) is 24.3 Å². The van der Waals surface area contributed by atoms with Gasteiger partial charge in [-0.15, -0.1) is 0 Å². The third-order valence-electron chi connectivity index (χ3n) is 6.45. The summed E-state index contributed by atoms with van der Waals surface area (Å²) in [5.41, 5.74) is 3.38. The van der Waals surface area contributed by atoms with Crippen molar-refractivity contribution in [2.75, 3.05) is 5.32 Å². The zero-order chi connectivity index (χ0) is 29.4. The van der Waals surface area contributed by atoms with Crippen LogP contribution in [0.3, 0.4) is 0 Å². The van der Waals surface area contributed by atoms with Gasteiger partial charge in [0.05, 0.1) is 0 Å². The van der Waals surface area contributed by atoms with Crippen molar-refractivity contribution in [3.63, 3.8) is 0 Å². The third-order valence-corrected chi connectivity index (χ3v) is 6.45. The van der Waals surface area contributed by atoms with E-state index in [0.29, 0.717) is 5.56 Å². The van der Waals surface area contributed by atoms with E-state index >= 15 is 0 Å². The Bertz CT molecular complexity index is 1280. The lowest BCUT2D eigenvalue weighted by atomic mass is 9.98. The van der Waals surface area contributed by atoms with Gasteiger partial charge in [-0.2, -0.15) is 0 Å². The van der Waals surface area contributed by atoms with E-state index in [1.165, 1.54) is 0 Å². The van der Waals surface area contributed by atoms with Crippen LogP contribution in [-0.2, 0) is 20.7 Å². The van der Waals surface area contributed by atoms with Crippen LogP contribution in [-0.4, -0.2) is 40.5 Å². The average Bonchev–Trinajstić information content (AvgIpc) is 2.88. The van der Waals surface area contributed by atoms with E-state index in [1.807, 2.05) is 107 Å². The molecule has 0 spiro atoms. The zero-order valence-electron chi connectivity index (χ0n) is 24.5. The molecule has 212 valence electrons. The van der Waals surface area contributed by atoms with Gasteiger partial charge in [0.15, 0.2) is 0 Å². The van der Waals surface area contributed by atoms with Gasteiger partial charge in [-0.25, -0.2) is 4.79 Å². The predicted octanol–water partition coefficient (Wildman–Crippen LogP) is 6.36. The van der Waals surface area contributed by atoms with E-state index in [9.17, 15) is 14.4 Å². The first kappa shape index (κ1) is 30.4. The Morgan fingerprint density at radius 2 is 1.38 bits per heavy atom. The molecular formula is C33H41N3O4. The summed E-state index contributed by atoms with van der Waals surface area (Å²) in [5.74, 6) is -0.711. The number of rotatable bonds is 9. The summed E-state index contributed by atoms with van der Waals surface area (Å²) in [6, 6.07) is 22.3. The Morgan fingerprint density at radius 1 is 0.825 bits per heavy atom. The van der Waals surface area contributed by atoms with Gasteiger partial charge >= 0.3 is 6.09 Å². The van der Waals surface area contributed by atoms with Gasteiger partial charge in [-0.05, 0) is 70.7 Å². The summed E-state index contributed by atoms with van der Waals surface area (Å²) in [6.45, 7) is 12.9. The van der Waals surface area contributed by atoms with Gasteiger partial charge < -0.3 is 20.3 Å². The van der Waals surface area contributed by atoms with Crippen LogP contribution in [0.1, 0.15) is 62.9 Å². The molecule has 0 bridgehead atoms. The quantitative estimate of drug-likeness (QED) is 0.329. The maximum Gasteiger partial charge on any atom is 0.408 e. The molecule has 0 radical (unpaired) electrons. The molecule has 3 amide bonds. The molecule has 0 aliphatic rings. The molecule has 3 aromatic carbocycles. The monoisotopic (exact) mass is 543 g/mol. The standard InChI is InChI=1S/C33H41N3O4/c1-22(2)36(31(38)27(21-25-17-10-8-11-18-25)34-32(39)40-33(5,6)7)29(26-19-12-9-13-20-26)30(37)35-28-23(3)15-14-16-24(28)4/h8-20,22,27,29H,21H2,1-7H3,(H,34,39)(H,35,37). The molecule has 0 saturated heterocycles. The molecule has 2 atom stereocenters. The number of hydrogen-bond acceptors (Lipinski definition) is 4. The van der Waals surface area contributed by atoms with E-state index in [2.05, 4.69) is 10.6 Å². The van der Waals surface area contributed by atoms with Crippen molar-refractivity contribution in [2.45, 2.75) is 78.6 Å². The van der Waals surface area contributed by atoms with Gasteiger partial charge in [0, 0.05) is 18.2 Å². The first-order chi connectivity index (χ1) is 18.9. The van der Waals surface area contributed by atoms with E-state index in [1.54, 1.807) is 25.7 Å². The number of aryl methyl sites for hydroxylation is 2. The number of carbonyl (C=O) groups excluding carboxylic acids is 3. The normalized spacial score (nSPS) is 12.8. The number of alkyl carbamates (subject to hydrolysis) is 1. The maximum absolute atomic E-state index is 14.4. The van der Waals surface area contributed by atoms with Gasteiger partial charge in [0.1, 0.15) is 17.7 Å². The lowest BCUT2D eigenvalue weighted by molar-refractivity contribution is -0.142. The minimum Gasteiger partial charge on any atom is -0.444 e. The summed E-state index contributed by atoms with van der Waals surface area (Å²) in [7, 11) is 0. The minimum atomic E-state index is -0.959. The highest BCUT2D eigenvalue weighted by molar-refractivity contribution is 6.00. The number of hydrogen-bond donors (Lipinski definition) is 2. The molecule has 0 heterocycles. The summed E-state index contributed by atoms with van der Waals surface area (Å²) in [5, 5.41) is 5.87. The lowest BCUT2D eigenvalue weighted by Crippen LogP contribution is -2.55. The molecule has 0 fully saturated rings. The second-order valence-corrected chi connectivity index (χ2v) is 11.3. The molecule has 3 aromatic rings. The summed E-state index contributed by atoms with van der Waals surface area (Å²) in [4.78, 5) is 42.8. The zero-order valence-corrected chi connectivity index (χ0v) is 24.5. The van der Waals surface area contributed by atoms with Crippen molar-refractivity contribution in [2.24, 2.45) is 0 Å². The molecule has 2 N–H and O–H groups in total. The van der Waals surface area contributed by atoms with Crippen LogP contribution in [0.2, 0.25) is 0 Å². The van der Waals surface area contributed by atoms with E-state index in [4.69, 9.17) is 4.74 Å². The molecule has 40 heavy (non-hydrogen) atoms. The van der Waals surface area contributed by atoms with Gasteiger partial charge in [-0.3, -0.25) is 9.59 Å². The van der Waals surface area contributed by atoms with Crippen molar-refractivity contribution in [1.29, 1.82) is 0 Å². The number of benzene rings is 3. The molecule has 0 saturated carbocycles. The van der Waals surface area contributed by atoms with E-state index < -0.39 is 23.8 Å². The number of nitrogens with one attached hydrogen (secondary N) is 2.